The molecule has 1 heterocycles. The molecule has 0 aliphatic rings. The molecule has 1 amide bonds. The van der Waals surface area contributed by atoms with Crippen LogP contribution in [-0.4, -0.2) is 36.2 Å². The highest BCUT2D eigenvalue weighted by Crippen LogP contribution is 2.22. The number of likely N-dealkylation sites (N-methyl/N-ethyl adjacent to an activating group) is 1. The van der Waals surface area contributed by atoms with Crippen LogP contribution in [0.4, 0.5) is 0 Å². The van der Waals surface area contributed by atoms with Gasteiger partial charge in [-0.1, -0.05) is 31.5 Å². The van der Waals surface area contributed by atoms with Crippen molar-refractivity contribution in [2.75, 3.05) is 25.4 Å². The molecule has 0 aliphatic carbocycles. The third-order valence-electron chi connectivity index (χ3n) is 4.06. The second kappa shape index (κ2) is 9.87. The number of hydrogen-bond acceptors (Lipinski definition) is 4. The average molecular weight is 363 g/mol. The molecule has 130 valence electrons. The van der Waals surface area contributed by atoms with E-state index in [0.29, 0.717) is 12.3 Å². The highest BCUT2D eigenvalue weighted by atomic mass is 32.2. The van der Waals surface area contributed by atoms with Gasteiger partial charge in [0, 0.05) is 11.4 Å². The summed E-state index contributed by atoms with van der Waals surface area (Å²) in [4.78, 5) is 15.7. The zero-order valence-electron chi connectivity index (χ0n) is 14.6. The lowest BCUT2D eigenvalue weighted by atomic mass is 10.1. The topological polar surface area (TPSA) is 32.3 Å². The summed E-state index contributed by atoms with van der Waals surface area (Å²) >= 11 is 3.29. The van der Waals surface area contributed by atoms with E-state index in [4.69, 9.17) is 0 Å². The Hall–Kier alpha value is -1.30. The first kappa shape index (κ1) is 19.0. The maximum Gasteiger partial charge on any atom is 0.230 e. The molecule has 0 bridgehead atoms. The Bertz CT molecular complexity index is 607. The van der Waals surface area contributed by atoms with Gasteiger partial charge in [-0.3, -0.25) is 9.69 Å². The number of nitrogens with one attached hydrogen (secondary N) is 1. The van der Waals surface area contributed by atoms with Crippen molar-refractivity contribution in [3.8, 4) is 0 Å². The summed E-state index contributed by atoms with van der Waals surface area (Å²) in [6.07, 6.45) is 0. The van der Waals surface area contributed by atoms with Gasteiger partial charge in [-0.15, -0.1) is 11.8 Å². The predicted octanol–water partition coefficient (Wildman–Crippen LogP) is 4.35. The molecule has 0 radical (unpaired) electrons. The summed E-state index contributed by atoms with van der Waals surface area (Å²) in [5.41, 5.74) is 2.52. The average Bonchev–Trinajstić information content (AvgIpc) is 3.12. The summed E-state index contributed by atoms with van der Waals surface area (Å²) in [7, 11) is 0. The number of nitrogens with zero attached hydrogens (tertiary/aromatic N) is 1. The summed E-state index contributed by atoms with van der Waals surface area (Å²) in [6.45, 7) is 9.01. The largest absolute Gasteiger partial charge is 0.353 e. The van der Waals surface area contributed by atoms with E-state index in [0.717, 1.165) is 18.0 Å². The first-order valence-corrected chi connectivity index (χ1v) is 10.3. The maximum absolute atomic E-state index is 12.2. The van der Waals surface area contributed by atoms with Gasteiger partial charge in [0.05, 0.1) is 11.8 Å². The van der Waals surface area contributed by atoms with Gasteiger partial charge in [-0.2, -0.15) is 11.3 Å². The molecule has 1 aromatic carbocycles. The number of thiophene rings is 1. The van der Waals surface area contributed by atoms with Gasteiger partial charge >= 0.3 is 0 Å². The molecule has 0 saturated carbocycles. The third-order valence-corrected chi connectivity index (χ3v) is 5.78. The van der Waals surface area contributed by atoms with Crippen molar-refractivity contribution in [3.63, 3.8) is 0 Å². The lowest BCUT2D eigenvalue weighted by Crippen LogP contribution is -2.38. The Morgan fingerprint density at radius 1 is 1.21 bits per heavy atom. The number of aryl methyl sites for hydroxylation is 1. The molecule has 1 N–H and O–H groups in total. The molecule has 2 rings (SSSR count). The molecule has 0 spiro atoms. The zero-order valence-corrected chi connectivity index (χ0v) is 16.3. The fourth-order valence-electron chi connectivity index (χ4n) is 2.63. The van der Waals surface area contributed by atoms with E-state index in [9.17, 15) is 4.79 Å². The van der Waals surface area contributed by atoms with Crippen molar-refractivity contribution in [1.29, 1.82) is 0 Å². The van der Waals surface area contributed by atoms with Crippen LogP contribution in [0.1, 0.15) is 31.0 Å². The van der Waals surface area contributed by atoms with Crippen molar-refractivity contribution in [3.05, 3.63) is 52.2 Å². The minimum atomic E-state index is 0.0907. The summed E-state index contributed by atoms with van der Waals surface area (Å²) in [6, 6.07) is 10.7. The van der Waals surface area contributed by atoms with E-state index in [-0.39, 0.29) is 11.9 Å². The van der Waals surface area contributed by atoms with E-state index in [1.165, 1.54) is 11.1 Å². The maximum atomic E-state index is 12.2. The third kappa shape index (κ3) is 5.65. The number of rotatable bonds is 9. The number of benzene rings is 1. The van der Waals surface area contributed by atoms with Crippen LogP contribution in [0.5, 0.6) is 0 Å². The molecule has 1 aromatic heterocycles. The standard InChI is InChI=1S/C19H26N2OS2/c1-4-21(5-2)18(16-10-11-23-13-16)12-20-19(22)14-24-17-8-6-15(3)7-9-17/h6-11,13,18H,4-5,12,14H2,1-3H3,(H,20,22). The fourth-order valence-corrected chi connectivity index (χ4v) is 4.07. The van der Waals surface area contributed by atoms with Crippen LogP contribution in [0.25, 0.3) is 0 Å². The SMILES string of the molecule is CCN(CC)C(CNC(=O)CSc1ccc(C)cc1)c1ccsc1. The molecule has 0 aliphatic heterocycles. The molecule has 3 nitrogen and oxygen atoms in total. The highest BCUT2D eigenvalue weighted by molar-refractivity contribution is 8.00. The lowest BCUT2D eigenvalue weighted by molar-refractivity contribution is -0.118. The van der Waals surface area contributed by atoms with Crippen LogP contribution in [-0.2, 0) is 4.79 Å². The molecule has 1 atom stereocenters. The number of carbonyl (C=O) groups is 1. The number of thioether (sulfide) groups is 1. The highest BCUT2D eigenvalue weighted by Gasteiger charge is 2.19. The van der Waals surface area contributed by atoms with Crippen LogP contribution in [0.2, 0.25) is 0 Å². The molecular formula is C19H26N2OS2. The van der Waals surface area contributed by atoms with Crippen LogP contribution in [0, 0.1) is 6.92 Å². The monoisotopic (exact) mass is 362 g/mol. The molecule has 0 fully saturated rings. The number of hydrogen-bond donors (Lipinski definition) is 1. The van der Waals surface area contributed by atoms with Gasteiger partial charge in [-0.25, -0.2) is 0 Å². The first-order chi connectivity index (χ1) is 11.6. The zero-order chi connectivity index (χ0) is 17.4. The van der Waals surface area contributed by atoms with Gasteiger partial charge in [0.2, 0.25) is 5.91 Å². The smallest absolute Gasteiger partial charge is 0.230 e. The lowest BCUT2D eigenvalue weighted by Gasteiger charge is -2.29. The number of amides is 1. The van der Waals surface area contributed by atoms with E-state index in [2.05, 4.69) is 72.1 Å². The van der Waals surface area contributed by atoms with Crippen LogP contribution >= 0.6 is 23.1 Å². The molecule has 5 heteroatoms. The molecule has 1 unspecified atom stereocenters. The second-order valence-electron chi connectivity index (χ2n) is 5.70. The van der Waals surface area contributed by atoms with Crippen LogP contribution in [0.15, 0.2) is 46.0 Å². The van der Waals surface area contributed by atoms with Crippen molar-refractivity contribution in [1.82, 2.24) is 10.2 Å². The van der Waals surface area contributed by atoms with Gasteiger partial charge in [-0.05, 0) is 54.5 Å². The van der Waals surface area contributed by atoms with Gasteiger partial charge in [0.15, 0.2) is 0 Å². The van der Waals surface area contributed by atoms with Gasteiger partial charge < -0.3 is 5.32 Å². The predicted molar refractivity (Wildman–Crippen MR) is 105 cm³/mol. The van der Waals surface area contributed by atoms with E-state index in [1.54, 1.807) is 23.1 Å². The molecular weight excluding hydrogens is 336 g/mol. The first-order valence-electron chi connectivity index (χ1n) is 8.36. The summed E-state index contributed by atoms with van der Waals surface area (Å²) in [5, 5.41) is 7.38. The molecule has 0 saturated heterocycles. The van der Waals surface area contributed by atoms with Crippen molar-refractivity contribution in [2.45, 2.75) is 31.7 Å². The van der Waals surface area contributed by atoms with Crippen molar-refractivity contribution < 1.29 is 4.79 Å². The summed E-state index contributed by atoms with van der Waals surface area (Å²) < 4.78 is 0. The van der Waals surface area contributed by atoms with Gasteiger partial charge in [0.25, 0.3) is 0 Å². The molecule has 2 aromatic rings. The van der Waals surface area contributed by atoms with E-state index in [1.807, 2.05) is 0 Å². The number of carbonyl (C=O) groups excluding carboxylic acids is 1. The Labute approximate surface area is 153 Å². The Kier molecular flexibility index (Phi) is 7.82. The van der Waals surface area contributed by atoms with E-state index < -0.39 is 0 Å². The van der Waals surface area contributed by atoms with E-state index >= 15 is 0 Å². The quantitative estimate of drug-likeness (QED) is 0.673. The van der Waals surface area contributed by atoms with Crippen LogP contribution < -0.4 is 5.32 Å². The van der Waals surface area contributed by atoms with Gasteiger partial charge in [0.1, 0.15) is 0 Å². The normalized spacial score (nSPS) is 12.3. The second-order valence-corrected chi connectivity index (χ2v) is 7.53. The molecule has 24 heavy (non-hydrogen) atoms. The Morgan fingerprint density at radius 2 is 1.92 bits per heavy atom. The Morgan fingerprint density at radius 3 is 2.50 bits per heavy atom. The van der Waals surface area contributed by atoms with Crippen molar-refractivity contribution >= 4 is 29.0 Å². The van der Waals surface area contributed by atoms with Crippen molar-refractivity contribution in [2.24, 2.45) is 0 Å². The Balaban J connectivity index is 1.86. The minimum Gasteiger partial charge on any atom is -0.353 e. The summed E-state index contributed by atoms with van der Waals surface area (Å²) in [5.74, 6) is 0.547. The minimum absolute atomic E-state index is 0.0907. The fraction of sp³-hybridized carbons (Fsp3) is 0.421. The van der Waals surface area contributed by atoms with Crippen LogP contribution in [0.3, 0.4) is 0 Å².